The molecular weight excluding hydrogens is 220 g/mol. The second kappa shape index (κ2) is 5.38. The molecule has 5 heteroatoms. The topological polar surface area (TPSA) is 60.9 Å². The summed E-state index contributed by atoms with van der Waals surface area (Å²) in [6.45, 7) is 2.02. The molecule has 1 N–H and O–H groups in total. The summed E-state index contributed by atoms with van der Waals surface area (Å²) in [5, 5.41) is 8.83. The number of rotatable bonds is 1. The molecule has 2 rings (SSSR count). The van der Waals surface area contributed by atoms with E-state index in [1.165, 1.54) is 11.3 Å². The van der Waals surface area contributed by atoms with Gasteiger partial charge in [-0.1, -0.05) is 19.3 Å². The van der Waals surface area contributed by atoms with Gasteiger partial charge in [-0.25, -0.2) is 4.79 Å². The molecule has 0 aromatic rings. The highest BCUT2D eigenvalue weighted by molar-refractivity contribution is 5.79. The molecule has 0 radical (unpaired) electrons. The number of carbonyl (C=O) groups excluding carboxylic acids is 1. The molecule has 0 aromatic carbocycles. The Morgan fingerprint density at radius 2 is 1.41 bits per heavy atom. The number of hydrogen-bond acceptors (Lipinski definition) is 2. The Balaban J connectivity index is 1.83. The van der Waals surface area contributed by atoms with Crippen LogP contribution in [0, 0.1) is 5.92 Å². The zero-order valence-corrected chi connectivity index (χ0v) is 10.1. The normalized spacial score (nSPS) is 22.6. The zero-order chi connectivity index (χ0) is 12.3. The van der Waals surface area contributed by atoms with Crippen LogP contribution < -0.4 is 0 Å². The number of nitrogens with zero attached hydrogens (tertiary/aromatic N) is 2. The van der Waals surface area contributed by atoms with Gasteiger partial charge in [0.15, 0.2) is 0 Å². The first-order chi connectivity index (χ1) is 8.18. The van der Waals surface area contributed by atoms with Crippen molar-refractivity contribution in [2.24, 2.45) is 5.92 Å². The number of hydrogen-bond donors (Lipinski definition) is 1. The fourth-order valence-corrected chi connectivity index (χ4v) is 2.73. The van der Waals surface area contributed by atoms with Gasteiger partial charge in [-0.05, 0) is 12.8 Å². The molecule has 0 atom stereocenters. The van der Waals surface area contributed by atoms with E-state index in [9.17, 15) is 9.59 Å². The summed E-state index contributed by atoms with van der Waals surface area (Å²) >= 11 is 0. The van der Waals surface area contributed by atoms with Crippen LogP contribution in [0.25, 0.3) is 0 Å². The predicted molar refractivity (Wildman–Crippen MR) is 62.8 cm³/mol. The van der Waals surface area contributed by atoms with Crippen LogP contribution in [0.15, 0.2) is 0 Å². The van der Waals surface area contributed by atoms with E-state index in [1.54, 1.807) is 0 Å². The fourth-order valence-electron chi connectivity index (χ4n) is 2.73. The van der Waals surface area contributed by atoms with Crippen LogP contribution in [-0.4, -0.2) is 53.1 Å². The minimum absolute atomic E-state index is 0.195. The molecule has 1 saturated carbocycles. The molecule has 96 valence electrons. The lowest BCUT2D eigenvalue weighted by atomic mass is 9.88. The van der Waals surface area contributed by atoms with Crippen LogP contribution >= 0.6 is 0 Å². The molecule has 1 saturated heterocycles. The first-order valence-electron chi connectivity index (χ1n) is 6.45. The van der Waals surface area contributed by atoms with Gasteiger partial charge < -0.3 is 14.9 Å². The van der Waals surface area contributed by atoms with Crippen molar-refractivity contribution in [1.82, 2.24) is 9.80 Å². The van der Waals surface area contributed by atoms with Crippen molar-refractivity contribution in [1.29, 1.82) is 0 Å². The maximum absolute atomic E-state index is 12.2. The van der Waals surface area contributed by atoms with Gasteiger partial charge in [0.25, 0.3) is 0 Å². The second-order valence-corrected chi connectivity index (χ2v) is 4.93. The van der Waals surface area contributed by atoms with Gasteiger partial charge in [0, 0.05) is 32.1 Å². The number of carbonyl (C=O) groups is 2. The van der Waals surface area contributed by atoms with Gasteiger partial charge >= 0.3 is 6.09 Å². The van der Waals surface area contributed by atoms with Gasteiger partial charge in [-0.2, -0.15) is 0 Å². The summed E-state index contributed by atoms with van der Waals surface area (Å²) in [5.74, 6) is 0.440. The fraction of sp³-hybridized carbons (Fsp3) is 0.833. The van der Waals surface area contributed by atoms with Crippen molar-refractivity contribution in [3.05, 3.63) is 0 Å². The molecule has 5 nitrogen and oxygen atoms in total. The van der Waals surface area contributed by atoms with Gasteiger partial charge in [0.2, 0.25) is 5.91 Å². The Bertz CT molecular complexity index is 292. The van der Waals surface area contributed by atoms with E-state index < -0.39 is 6.09 Å². The SMILES string of the molecule is O=C(O)N1CCN(C(=O)C2CCCCC2)CC1. The van der Waals surface area contributed by atoms with Crippen LogP contribution in [0.4, 0.5) is 4.79 Å². The minimum Gasteiger partial charge on any atom is -0.465 e. The molecule has 0 unspecified atom stereocenters. The summed E-state index contributed by atoms with van der Waals surface area (Å²) in [4.78, 5) is 26.2. The third kappa shape index (κ3) is 2.90. The summed E-state index contributed by atoms with van der Waals surface area (Å²) in [6.07, 6.45) is 4.71. The lowest BCUT2D eigenvalue weighted by Gasteiger charge is -2.35. The quantitative estimate of drug-likeness (QED) is 0.753. The monoisotopic (exact) mass is 240 g/mol. The molecule has 0 aromatic heterocycles. The highest BCUT2D eigenvalue weighted by Crippen LogP contribution is 2.25. The van der Waals surface area contributed by atoms with Crippen LogP contribution in [0.1, 0.15) is 32.1 Å². The largest absolute Gasteiger partial charge is 0.465 e. The highest BCUT2D eigenvalue weighted by atomic mass is 16.4. The van der Waals surface area contributed by atoms with Crippen molar-refractivity contribution >= 4 is 12.0 Å². The maximum atomic E-state index is 12.2. The maximum Gasteiger partial charge on any atom is 0.407 e. The predicted octanol–water partition coefficient (Wildman–Crippen LogP) is 1.39. The number of carboxylic acid groups (broad SMARTS) is 1. The Kier molecular flexibility index (Phi) is 3.86. The third-order valence-electron chi connectivity index (χ3n) is 3.82. The van der Waals surface area contributed by atoms with Gasteiger partial charge in [0.1, 0.15) is 0 Å². The molecule has 2 fully saturated rings. The molecule has 17 heavy (non-hydrogen) atoms. The average Bonchev–Trinajstić information content (AvgIpc) is 2.39. The average molecular weight is 240 g/mol. The Labute approximate surface area is 101 Å². The molecule has 0 bridgehead atoms. The lowest BCUT2D eigenvalue weighted by Crippen LogP contribution is -2.51. The molecule has 1 heterocycles. The molecule has 2 aliphatic rings. The van der Waals surface area contributed by atoms with E-state index in [0.717, 1.165) is 25.7 Å². The Morgan fingerprint density at radius 3 is 1.94 bits per heavy atom. The van der Waals surface area contributed by atoms with Crippen LogP contribution in [0.3, 0.4) is 0 Å². The highest BCUT2D eigenvalue weighted by Gasteiger charge is 2.29. The van der Waals surface area contributed by atoms with Crippen molar-refractivity contribution in [3.8, 4) is 0 Å². The summed E-state index contributed by atoms with van der Waals surface area (Å²) in [5.41, 5.74) is 0. The number of amides is 2. The van der Waals surface area contributed by atoms with E-state index in [-0.39, 0.29) is 11.8 Å². The van der Waals surface area contributed by atoms with E-state index in [0.29, 0.717) is 26.2 Å². The molecular formula is C12H20N2O3. The van der Waals surface area contributed by atoms with Crippen molar-refractivity contribution in [2.45, 2.75) is 32.1 Å². The van der Waals surface area contributed by atoms with Gasteiger partial charge in [-0.3, -0.25) is 4.79 Å². The van der Waals surface area contributed by atoms with E-state index in [4.69, 9.17) is 5.11 Å². The second-order valence-electron chi connectivity index (χ2n) is 4.93. The van der Waals surface area contributed by atoms with Crippen molar-refractivity contribution in [3.63, 3.8) is 0 Å². The molecule has 1 aliphatic carbocycles. The Hall–Kier alpha value is -1.26. The van der Waals surface area contributed by atoms with E-state index in [1.807, 2.05) is 4.90 Å². The van der Waals surface area contributed by atoms with E-state index >= 15 is 0 Å². The summed E-state index contributed by atoms with van der Waals surface area (Å²) in [7, 11) is 0. The molecule has 0 spiro atoms. The van der Waals surface area contributed by atoms with Gasteiger partial charge in [-0.15, -0.1) is 0 Å². The Morgan fingerprint density at radius 1 is 0.882 bits per heavy atom. The van der Waals surface area contributed by atoms with Crippen LogP contribution in [-0.2, 0) is 4.79 Å². The standard InChI is InChI=1S/C12H20N2O3/c15-11(10-4-2-1-3-5-10)13-6-8-14(9-7-13)12(16)17/h10H,1-9H2,(H,16,17). The number of piperazine rings is 1. The van der Waals surface area contributed by atoms with Crippen LogP contribution in [0.2, 0.25) is 0 Å². The molecule has 1 aliphatic heterocycles. The van der Waals surface area contributed by atoms with E-state index in [2.05, 4.69) is 0 Å². The third-order valence-corrected chi connectivity index (χ3v) is 3.82. The zero-order valence-electron chi connectivity index (χ0n) is 10.1. The minimum atomic E-state index is -0.880. The van der Waals surface area contributed by atoms with Crippen molar-refractivity contribution in [2.75, 3.05) is 26.2 Å². The first kappa shape index (κ1) is 12.2. The smallest absolute Gasteiger partial charge is 0.407 e. The summed E-state index contributed by atoms with van der Waals surface area (Å²) < 4.78 is 0. The van der Waals surface area contributed by atoms with Gasteiger partial charge in [0.05, 0.1) is 0 Å². The summed E-state index contributed by atoms with van der Waals surface area (Å²) in [6, 6.07) is 0. The first-order valence-corrected chi connectivity index (χ1v) is 6.45. The molecule has 2 amide bonds. The van der Waals surface area contributed by atoms with Crippen molar-refractivity contribution < 1.29 is 14.7 Å². The van der Waals surface area contributed by atoms with Crippen LogP contribution in [0.5, 0.6) is 0 Å². The lowest BCUT2D eigenvalue weighted by molar-refractivity contribution is -0.138.